The van der Waals surface area contributed by atoms with Crippen LogP contribution in [0.4, 0.5) is 0 Å². The summed E-state index contributed by atoms with van der Waals surface area (Å²) in [4.78, 5) is 12.4. The van der Waals surface area contributed by atoms with Crippen molar-refractivity contribution in [2.75, 3.05) is 18.6 Å². The quantitative estimate of drug-likeness (QED) is 0.783. The van der Waals surface area contributed by atoms with Crippen molar-refractivity contribution in [2.24, 2.45) is 5.41 Å². The second-order valence-corrected chi connectivity index (χ2v) is 8.99. The van der Waals surface area contributed by atoms with Crippen LogP contribution in [0.3, 0.4) is 0 Å². The van der Waals surface area contributed by atoms with E-state index < -0.39 is 9.84 Å². The van der Waals surface area contributed by atoms with E-state index >= 15 is 0 Å². The first kappa shape index (κ1) is 18.0. The molecule has 6 nitrogen and oxygen atoms in total. The molecule has 0 bridgehead atoms. The third-order valence-electron chi connectivity index (χ3n) is 4.54. The van der Waals surface area contributed by atoms with Crippen LogP contribution >= 0.6 is 0 Å². The molecule has 1 aromatic rings. The zero-order valence-electron chi connectivity index (χ0n) is 14.3. The Morgan fingerprint density at radius 3 is 2.65 bits per heavy atom. The van der Waals surface area contributed by atoms with Gasteiger partial charge in [0.2, 0.25) is 0 Å². The van der Waals surface area contributed by atoms with Gasteiger partial charge in [-0.1, -0.05) is 19.8 Å². The molecule has 130 valence electrons. The van der Waals surface area contributed by atoms with Crippen LogP contribution in [-0.4, -0.2) is 42.7 Å². The highest BCUT2D eigenvalue weighted by Crippen LogP contribution is 2.41. The number of unbranched alkanes of at least 4 members (excludes halogenated alkanes) is 1. The second-order valence-electron chi connectivity index (χ2n) is 6.85. The lowest BCUT2D eigenvalue weighted by Gasteiger charge is -2.41. The first-order valence-electron chi connectivity index (χ1n) is 8.25. The normalized spacial score (nSPS) is 16.8. The largest absolute Gasteiger partial charge is 0.351 e. The first-order chi connectivity index (χ1) is 10.7. The molecule has 2 rings (SSSR count). The standard InChI is InChI=1S/C16H27N3O3S/c1-4-5-9-19-10-14(13(2)18-19)15(20)17-11-16(7-6-8-16)12-23(3,21)22/h10H,4-9,11-12H2,1-3H3,(H,17,20). The molecule has 1 N–H and O–H groups in total. The Balaban J connectivity index is 1.98. The lowest BCUT2D eigenvalue weighted by molar-refractivity contribution is 0.0893. The fourth-order valence-electron chi connectivity index (χ4n) is 3.14. The molecule has 0 atom stereocenters. The molecule has 1 fully saturated rings. The number of rotatable bonds is 8. The van der Waals surface area contributed by atoms with Crippen molar-refractivity contribution in [3.8, 4) is 0 Å². The first-order valence-corrected chi connectivity index (χ1v) is 10.3. The summed E-state index contributed by atoms with van der Waals surface area (Å²) in [6, 6.07) is 0. The minimum atomic E-state index is -3.04. The number of aryl methyl sites for hydroxylation is 2. The van der Waals surface area contributed by atoms with Gasteiger partial charge in [0, 0.05) is 31.0 Å². The zero-order valence-corrected chi connectivity index (χ0v) is 15.1. The predicted molar refractivity (Wildman–Crippen MR) is 90.2 cm³/mol. The van der Waals surface area contributed by atoms with Crippen LogP contribution < -0.4 is 5.32 Å². The van der Waals surface area contributed by atoms with Crippen LogP contribution in [0.5, 0.6) is 0 Å². The van der Waals surface area contributed by atoms with E-state index in [-0.39, 0.29) is 17.1 Å². The summed E-state index contributed by atoms with van der Waals surface area (Å²) >= 11 is 0. The van der Waals surface area contributed by atoms with Gasteiger partial charge in [0.1, 0.15) is 9.84 Å². The summed E-state index contributed by atoms with van der Waals surface area (Å²) in [6.45, 7) is 5.16. The van der Waals surface area contributed by atoms with E-state index in [0.717, 1.165) is 38.6 Å². The predicted octanol–water partition coefficient (Wildman–Crippen LogP) is 1.94. The Morgan fingerprint density at radius 1 is 1.43 bits per heavy atom. The van der Waals surface area contributed by atoms with Crippen LogP contribution in [0, 0.1) is 12.3 Å². The number of sulfone groups is 1. The fourth-order valence-corrected chi connectivity index (χ4v) is 4.65. The Hall–Kier alpha value is -1.37. The monoisotopic (exact) mass is 341 g/mol. The average Bonchev–Trinajstić information content (AvgIpc) is 2.79. The van der Waals surface area contributed by atoms with Gasteiger partial charge in [-0.05, 0) is 26.2 Å². The highest BCUT2D eigenvalue weighted by atomic mass is 32.2. The number of hydrogen-bond donors (Lipinski definition) is 1. The highest BCUT2D eigenvalue weighted by molar-refractivity contribution is 7.90. The third kappa shape index (κ3) is 4.80. The summed E-state index contributed by atoms with van der Waals surface area (Å²) in [6.07, 6.45) is 7.89. The third-order valence-corrected chi connectivity index (χ3v) is 5.68. The molecule has 0 aromatic carbocycles. The number of nitrogens with one attached hydrogen (secondary N) is 1. The second kappa shape index (κ2) is 7.03. The molecule has 1 aliphatic rings. The van der Waals surface area contributed by atoms with E-state index in [9.17, 15) is 13.2 Å². The Morgan fingerprint density at radius 2 is 2.13 bits per heavy atom. The lowest BCUT2D eigenvalue weighted by Crippen LogP contribution is -2.46. The molecule has 1 saturated carbocycles. The molecule has 1 aromatic heterocycles. The fraction of sp³-hybridized carbons (Fsp3) is 0.750. The van der Waals surface area contributed by atoms with Gasteiger partial charge < -0.3 is 5.32 Å². The van der Waals surface area contributed by atoms with E-state index in [1.54, 1.807) is 6.20 Å². The molecule has 0 aliphatic heterocycles. The maximum absolute atomic E-state index is 12.4. The number of carbonyl (C=O) groups is 1. The van der Waals surface area contributed by atoms with Crippen molar-refractivity contribution in [1.29, 1.82) is 0 Å². The topological polar surface area (TPSA) is 81.1 Å². The molecule has 0 spiro atoms. The maximum atomic E-state index is 12.4. The van der Waals surface area contributed by atoms with Crippen molar-refractivity contribution in [1.82, 2.24) is 15.1 Å². The Kier molecular flexibility index (Phi) is 5.49. The van der Waals surface area contributed by atoms with Crippen molar-refractivity contribution in [2.45, 2.75) is 52.5 Å². The lowest BCUT2D eigenvalue weighted by atomic mass is 9.70. The number of hydrogen-bond acceptors (Lipinski definition) is 4. The van der Waals surface area contributed by atoms with Crippen molar-refractivity contribution >= 4 is 15.7 Å². The van der Waals surface area contributed by atoms with Crippen LogP contribution in [0.15, 0.2) is 6.20 Å². The van der Waals surface area contributed by atoms with Crippen molar-refractivity contribution in [3.63, 3.8) is 0 Å². The van der Waals surface area contributed by atoms with Gasteiger partial charge in [-0.3, -0.25) is 9.48 Å². The van der Waals surface area contributed by atoms with E-state index in [1.165, 1.54) is 6.26 Å². The molecule has 1 aliphatic carbocycles. The molecule has 1 heterocycles. The molecular weight excluding hydrogens is 314 g/mol. The van der Waals surface area contributed by atoms with Crippen LogP contribution in [0.25, 0.3) is 0 Å². The molecule has 7 heteroatoms. The van der Waals surface area contributed by atoms with Gasteiger partial charge in [-0.15, -0.1) is 0 Å². The van der Waals surface area contributed by atoms with Gasteiger partial charge >= 0.3 is 0 Å². The summed E-state index contributed by atoms with van der Waals surface area (Å²) in [7, 11) is -3.04. The Labute approximate surface area is 138 Å². The molecule has 0 unspecified atom stereocenters. The number of amides is 1. The molecular formula is C16H27N3O3S. The summed E-state index contributed by atoms with van der Waals surface area (Å²) in [5.41, 5.74) is 1.01. The number of carbonyl (C=O) groups excluding carboxylic acids is 1. The van der Waals surface area contributed by atoms with Crippen molar-refractivity contribution < 1.29 is 13.2 Å². The number of nitrogens with zero attached hydrogens (tertiary/aromatic N) is 2. The summed E-state index contributed by atoms with van der Waals surface area (Å²) < 4.78 is 25.0. The van der Waals surface area contributed by atoms with E-state index in [1.807, 2.05) is 11.6 Å². The zero-order chi connectivity index (χ0) is 17.1. The molecule has 23 heavy (non-hydrogen) atoms. The minimum Gasteiger partial charge on any atom is -0.351 e. The Bertz CT molecular complexity index is 660. The summed E-state index contributed by atoms with van der Waals surface area (Å²) in [5.74, 6) is -0.0142. The maximum Gasteiger partial charge on any atom is 0.254 e. The van der Waals surface area contributed by atoms with E-state index in [2.05, 4.69) is 17.3 Å². The van der Waals surface area contributed by atoms with Gasteiger partial charge in [0.15, 0.2) is 0 Å². The molecule has 1 amide bonds. The van der Waals surface area contributed by atoms with Gasteiger partial charge in [0.25, 0.3) is 5.91 Å². The number of aromatic nitrogens is 2. The van der Waals surface area contributed by atoms with Crippen LogP contribution in [0.1, 0.15) is 55.1 Å². The summed E-state index contributed by atoms with van der Waals surface area (Å²) in [5, 5.41) is 7.29. The van der Waals surface area contributed by atoms with Crippen LogP contribution in [-0.2, 0) is 16.4 Å². The van der Waals surface area contributed by atoms with Gasteiger partial charge in [0.05, 0.1) is 17.0 Å². The highest BCUT2D eigenvalue weighted by Gasteiger charge is 2.40. The van der Waals surface area contributed by atoms with Gasteiger partial charge in [-0.25, -0.2) is 8.42 Å². The van der Waals surface area contributed by atoms with E-state index in [0.29, 0.717) is 17.8 Å². The SMILES string of the molecule is CCCCn1cc(C(=O)NCC2(CS(C)(=O)=O)CCC2)c(C)n1. The van der Waals surface area contributed by atoms with E-state index in [4.69, 9.17) is 0 Å². The molecule has 0 saturated heterocycles. The molecule has 0 radical (unpaired) electrons. The van der Waals surface area contributed by atoms with Crippen molar-refractivity contribution in [3.05, 3.63) is 17.5 Å². The smallest absolute Gasteiger partial charge is 0.254 e. The average molecular weight is 341 g/mol. The van der Waals surface area contributed by atoms with Gasteiger partial charge in [-0.2, -0.15) is 5.10 Å². The van der Waals surface area contributed by atoms with Crippen LogP contribution in [0.2, 0.25) is 0 Å². The minimum absolute atomic E-state index is 0.148.